The van der Waals surface area contributed by atoms with Crippen molar-refractivity contribution in [3.05, 3.63) is 48.5 Å². The second kappa shape index (κ2) is 26.2. The third-order valence-electron chi connectivity index (χ3n) is 4.87. The second-order valence-electron chi connectivity index (χ2n) is 11.6. The van der Waals surface area contributed by atoms with Crippen LogP contribution in [0, 0.1) is 24.7 Å². The largest absolute Gasteiger partial charge is 0.508 e. The van der Waals surface area contributed by atoms with E-state index in [2.05, 4.69) is 22.5 Å². The fraction of sp³-hybridized carbons (Fsp3) is 0.500. The van der Waals surface area contributed by atoms with E-state index in [0.29, 0.717) is 51.0 Å². The molecule has 13 nitrogen and oxygen atoms in total. The van der Waals surface area contributed by atoms with Gasteiger partial charge in [-0.15, -0.1) is 12.8 Å². The number of hydrogen-bond acceptors (Lipinski definition) is 11. The standard InChI is InChI=1S/C18H25NO5.C9H19NO4.C9H8O2/c1-5-11-22-15-6-8-16(9-7-15)23-14-13-21-12-10-19-17(20)24-18(2,3)4;1-9(2,3)14-8(12)10-4-6-13-7-5-11;1-2-7-11-9-5-3-8(10)4-6-9/h1,6-9H,10-14H2,2-4H3,(H,19,20);11H,4-7H2,1-3H3,(H,10,12);1,3-6,10H,7H2. The summed E-state index contributed by atoms with van der Waals surface area (Å²) < 4.78 is 36.3. The smallest absolute Gasteiger partial charge is 0.407 e. The van der Waals surface area contributed by atoms with E-state index in [1.54, 1.807) is 69.3 Å². The maximum absolute atomic E-state index is 11.4. The number of ether oxygens (including phenoxy) is 7. The summed E-state index contributed by atoms with van der Waals surface area (Å²) in [6.07, 6.45) is 9.20. The third kappa shape index (κ3) is 29.1. The van der Waals surface area contributed by atoms with Gasteiger partial charge in [0.1, 0.15) is 54.0 Å². The summed E-state index contributed by atoms with van der Waals surface area (Å²) in [4.78, 5) is 22.4. The van der Waals surface area contributed by atoms with E-state index < -0.39 is 23.4 Å². The molecule has 0 spiro atoms. The monoisotopic (exact) mass is 688 g/mol. The molecule has 2 aromatic carbocycles. The minimum atomic E-state index is -0.500. The molecule has 0 unspecified atom stereocenters. The Bertz CT molecular complexity index is 1240. The lowest BCUT2D eigenvalue weighted by molar-refractivity contribution is 0.0476. The Morgan fingerprint density at radius 3 is 1.41 bits per heavy atom. The zero-order chi connectivity index (χ0) is 37.0. The zero-order valence-electron chi connectivity index (χ0n) is 29.4. The Kier molecular flexibility index (Phi) is 23.6. The first-order valence-corrected chi connectivity index (χ1v) is 15.5. The van der Waals surface area contributed by atoms with Gasteiger partial charge in [-0.3, -0.25) is 0 Å². The lowest BCUT2D eigenvalue weighted by Gasteiger charge is -2.19. The van der Waals surface area contributed by atoms with Gasteiger partial charge in [-0.2, -0.15) is 0 Å². The zero-order valence-corrected chi connectivity index (χ0v) is 29.4. The van der Waals surface area contributed by atoms with Crippen LogP contribution in [0.2, 0.25) is 0 Å². The van der Waals surface area contributed by atoms with E-state index in [0.717, 1.165) is 5.75 Å². The highest BCUT2D eigenvalue weighted by molar-refractivity contribution is 5.67. The molecule has 0 saturated carbocycles. The van der Waals surface area contributed by atoms with Crippen LogP contribution < -0.4 is 24.8 Å². The van der Waals surface area contributed by atoms with Crippen molar-refractivity contribution in [2.45, 2.75) is 52.7 Å². The molecule has 0 heterocycles. The molecule has 2 amide bonds. The van der Waals surface area contributed by atoms with Gasteiger partial charge in [0.15, 0.2) is 0 Å². The van der Waals surface area contributed by atoms with E-state index in [9.17, 15) is 9.59 Å². The maximum Gasteiger partial charge on any atom is 0.407 e. The van der Waals surface area contributed by atoms with Crippen LogP contribution in [0.25, 0.3) is 0 Å². The van der Waals surface area contributed by atoms with Crippen LogP contribution in [0.4, 0.5) is 9.59 Å². The Balaban J connectivity index is 0.000000778. The fourth-order valence-electron chi connectivity index (χ4n) is 2.99. The number of terminal acetylenes is 2. The molecule has 0 aliphatic rings. The van der Waals surface area contributed by atoms with Crippen molar-refractivity contribution in [2.75, 3.05) is 65.9 Å². The Labute approximate surface area is 290 Å². The number of phenols is 1. The van der Waals surface area contributed by atoms with Crippen LogP contribution in [0.1, 0.15) is 41.5 Å². The summed E-state index contributed by atoms with van der Waals surface area (Å²) in [5.41, 5.74) is -0.976. The van der Waals surface area contributed by atoms with Crippen molar-refractivity contribution in [1.29, 1.82) is 0 Å². The van der Waals surface area contributed by atoms with Crippen LogP contribution in [0.5, 0.6) is 23.0 Å². The third-order valence-corrected chi connectivity index (χ3v) is 4.87. The highest BCUT2D eigenvalue weighted by atomic mass is 16.6. The molecule has 0 atom stereocenters. The molecule has 13 heteroatoms. The predicted molar refractivity (Wildman–Crippen MR) is 186 cm³/mol. The summed E-state index contributed by atoms with van der Waals surface area (Å²) in [6, 6.07) is 13.6. The van der Waals surface area contributed by atoms with Gasteiger partial charge in [0.2, 0.25) is 0 Å². The SMILES string of the molecule is C#CCOc1ccc(O)cc1.C#CCOc1ccc(OCCOCCNC(=O)OC(C)(C)C)cc1.CC(C)(C)OC(=O)NCCOCCO. The molecule has 0 aromatic heterocycles. The number of carbonyl (C=O) groups is 2. The number of aliphatic hydroxyl groups excluding tert-OH is 1. The lowest BCUT2D eigenvalue weighted by Crippen LogP contribution is -2.34. The number of carbonyl (C=O) groups excluding carboxylic acids is 2. The quantitative estimate of drug-likeness (QED) is 0.145. The van der Waals surface area contributed by atoms with Crippen LogP contribution in [0.15, 0.2) is 48.5 Å². The van der Waals surface area contributed by atoms with Crippen LogP contribution >= 0.6 is 0 Å². The average molecular weight is 689 g/mol. The highest BCUT2D eigenvalue weighted by Gasteiger charge is 2.16. The number of nitrogens with one attached hydrogen (secondary N) is 2. The van der Waals surface area contributed by atoms with Gasteiger partial charge in [0.05, 0.1) is 33.0 Å². The Hall–Kier alpha value is -4.82. The summed E-state index contributed by atoms with van der Waals surface area (Å²) in [6.45, 7) is 14.0. The van der Waals surface area contributed by atoms with Gasteiger partial charge in [-0.05, 0) is 90.1 Å². The van der Waals surface area contributed by atoms with Crippen LogP contribution in [0.3, 0.4) is 0 Å². The number of aliphatic hydroxyl groups is 1. The van der Waals surface area contributed by atoms with E-state index >= 15 is 0 Å². The lowest BCUT2D eigenvalue weighted by atomic mass is 10.2. The van der Waals surface area contributed by atoms with Gasteiger partial charge >= 0.3 is 12.2 Å². The van der Waals surface area contributed by atoms with Gasteiger partial charge in [-0.25, -0.2) is 9.59 Å². The molecule has 49 heavy (non-hydrogen) atoms. The Morgan fingerprint density at radius 1 is 0.633 bits per heavy atom. The first-order valence-electron chi connectivity index (χ1n) is 15.5. The average Bonchev–Trinajstić information content (AvgIpc) is 3.02. The molecular weight excluding hydrogens is 636 g/mol. The van der Waals surface area contributed by atoms with E-state index in [-0.39, 0.29) is 32.2 Å². The van der Waals surface area contributed by atoms with E-state index in [4.69, 9.17) is 56.2 Å². The molecule has 0 radical (unpaired) electrons. The Morgan fingerprint density at radius 2 is 1.02 bits per heavy atom. The van der Waals surface area contributed by atoms with Crippen LogP contribution in [-0.4, -0.2) is 99.5 Å². The number of alkyl carbamates (subject to hydrolysis) is 2. The fourth-order valence-corrected chi connectivity index (χ4v) is 2.99. The van der Waals surface area contributed by atoms with E-state index in [1.807, 2.05) is 20.8 Å². The molecule has 0 saturated heterocycles. The number of aromatic hydroxyl groups is 1. The predicted octanol–water partition coefficient (Wildman–Crippen LogP) is 4.54. The van der Waals surface area contributed by atoms with Crippen LogP contribution in [-0.2, 0) is 18.9 Å². The first kappa shape index (κ1) is 44.2. The molecule has 0 aliphatic carbocycles. The van der Waals surface area contributed by atoms with Crippen molar-refractivity contribution in [3.63, 3.8) is 0 Å². The first-order chi connectivity index (χ1) is 23.2. The summed E-state index contributed by atoms with van der Waals surface area (Å²) in [5.74, 6) is 7.06. The van der Waals surface area contributed by atoms with Crippen molar-refractivity contribution >= 4 is 12.2 Å². The molecule has 272 valence electrons. The molecule has 4 N–H and O–H groups in total. The normalized spacial score (nSPS) is 10.3. The molecular formula is C36H52N2O11. The number of rotatable bonds is 16. The van der Waals surface area contributed by atoms with Gasteiger partial charge in [0.25, 0.3) is 0 Å². The van der Waals surface area contributed by atoms with Gasteiger partial charge < -0.3 is 54.0 Å². The second-order valence-corrected chi connectivity index (χ2v) is 11.6. The van der Waals surface area contributed by atoms with E-state index in [1.165, 1.54) is 0 Å². The minimum absolute atomic E-state index is 0.00750. The molecule has 0 aliphatic heterocycles. The molecule has 2 aromatic rings. The van der Waals surface area contributed by atoms with Crippen molar-refractivity contribution in [1.82, 2.24) is 10.6 Å². The van der Waals surface area contributed by atoms with Crippen molar-refractivity contribution in [3.8, 4) is 47.7 Å². The van der Waals surface area contributed by atoms with Crippen molar-refractivity contribution < 1.29 is 53.0 Å². The van der Waals surface area contributed by atoms with Gasteiger partial charge in [0, 0.05) is 13.1 Å². The minimum Gasteiger partial charge on any atom is -0.508 e. The molecule has 2 rings (SSSR count). The van der Waals surface area contributed by atoms with Gasteiger partial charge in [-0.1, -0.05) is 11.8 Å². The summed E-state index contributed by atoms with van der Waals surface area (Å²) >= 11 is 0. The number of benzene rings is 2. The summed E-state index contributed by atoms with van der Waals surface area (Å²) in [7, 11) is 0. The molecule has 0 bridgehead atoms. The van der Waals surface area contributed by atoms with Crippen molar-refractivity contribution in [2.24, 2.45) is 0 Å². The summed E-state index contributed by atoms with van der Waals surface area (Å²) in [5, 5.41) is 22.4. The maximum atomic E-state index is 11.4. The highest BCUT2D eigenvalue weighted by Crippen LogP contribution is 2.17. The topological polar surface area (TPSA) is 163 Å². The number of hydrogen-bond donors (Lipinski definition) is 4. The number of phenolic OH excluding ortho intramolecular Hbond substituents is 1. The molecule has 0 fully saturated rings. The number of amides is 2.